The van der Waals surface area contributed by atoms with Crippen LogP contribution in [0, 0.1) is 5.82 Å². The molecule has 0 aliphatic rings. The van der Waals surface area contributed by atoms with Crippen molar-refractivity contribution < 1.29 is 9.23 Å². The number of hydrogen-bond acceptors (Lipinski definition) is 6. The van der Waals surface area contributed by atoms with Crippen molar-refractivity contribution in [2.24, 2.45) is 5.16 Å². The van der Waals surface area contributed by atoms with E-state index in [9.17, 15) is 4.39 Å². The lowest BCUT2D eigenvalue weighted by atomic mass is 10.1. The first-order valence-electron chi connectivity index (χ1n) is 7.97. The second-order valence-corrected chi connectivity index (χ2v) is 5.79. The summed E-state index contributed by atoms with van der Waals surface area (Å²) in [5.41, 5.74) is 3.56. The smallest absolute Gasteiger partial charge is 0.179 e. The topological polar surface area (TPSA) is 78.1 Å². The highest BCUT2D eigenvalue weighted by atomic mass is 35.5. The summed E-state index contributed by atoms with van der Waals surface area (Å²) in [7, 11) is 1.48. The molecule has 138 valence electrons. The molecule has 0 aliphatic heterocycles. The van der Waals surface area contributed by atoms with E-state index in [1.165, 1.54) is 13.2 Å². The van der Waals surface area contributed by atoms with Crippen LogP contribution in [0.4, 0.5) is 4.39 Å². The number of halogens is 2. The van der Waals surface area contributed by atoms with Gasteiger partial charge in [-0.05, 0) is 31.2 Å². The molecule has 27 heavy (non-hydrogen) atoms. The minimum atomic E-state index is -0.340. The Balaban J connectivity index is 0.00000210. The predicted molar refractivity (Wildman–Crippen MR) is 103 cm³/mol. The summed E-state index contributed by atoms with van der Waals surface area (Å²) in [6.07, 6.45) is 1.64. The van der Waals surface area contributed by atoms with Gasteiger partial charge in [-0.1, -0.05) is 16.4 Å². The number of rotatable bonds is 4. The number of aromatic nitrogens is 5. The van der Waals surface area contributed by atoms with Crippen molar-refractivity contribution in [2.75, 3.05) is 7.11 Å². The number of hydrogen-bond donors (Lipinski definition) is 0. The number of benzene rings is 1. The van der Waals surface area contributed by atoms with E-state index in [1.54, 1.807) is 36.0 Å². The second kappa shape index (κ2) is 7.63. The van der Waals surface area contributed by atoms with E-state index < -0.39 is 0 Å². The minimum absolute atomic E-state index is 0. The fourth-order valence-corrected chi connectivity index (χ4v) is 2.77. The molecule has 3 aromatic heterocycles. The standard InChI is InChI=1S/C18H15FN6O.ClH/c1-11(23-26-2)15-5-6-16-18(21-15)25(24-22-16)10-13-8-12-4-3-7-20-17(12)9-14(13)19;/h3-9H,10H2,1-2H3;1H. The molecule has 9 heteroatoms. The van der Waals surface area contributed by atoms with Crippen LogP contribution < -0.4 is 0 Å². The van der Waals surface area contributed by atoms with E-state index >= 15 is 0 Å². The normalized spacial score (nSPS) is 11.6. The van der Waals surface area contributed by atoms with E-state index in [1.807, 2.05) is 12.1 Å². The molecule has 0 fully saturated rings. The molecule has 0 N–H and O–H groups in total. The molecule has 1 aromatic carbocycles. The maximum atomic E-state index is 14.5. The van der Waals surface area contributed by atoms with Crippen LogP contribution in [-0.2, 0) is 11.4 Å². The van der Waals surface area contributed by atoms with Gasteiger partial charge in [0.15, 0.2) is 5.65 Å². The number of nitrogens with zero attached hydrogens (tertiary/aromatic N) is 6. The van der Waals surface area contributed by atoms with Gasteiger partial charge >= 0.3 is 0 Å². The Labute approximate surface area is 160 Å². The summed E-state index contributed by atoms with van der Waals surface area (Å²) < 4.78 is 16.0. The molecule has 0 aliphatic carbocycles. The van der Waals surface area contributed by atoms with Gasteiger partial charge in [-0.2, -0.15) is 0 Å². The number of oxime groups is 1. The fourth-order valence-electron chi connectivity index (χ4n) is 2.77. The maximum absolute atomic E-state index is 14.5. The first-order valence-corrected chi connectivity index (χ1v) is 7.97. The summed E-state index contributed by atoms with van der Waals surface area (Å²) in [5, 5.41) is 13.0. The third kappa shape index (κ3) is 3.56. The van der Waals surface area contributed by atoms with Gasteiger partial charge in [-0.25, -0.2) is 14.1 Å². The van der Waals surface area contributed by atoms with Crippen LogP contribution in [0.1, 0.15) is 18.2 Å². The minimum Gasteiger partial charge on any atom is -0.399 e. The number of pyridine rings is 2. The summed E-state index contributed by atoms with van der Waals surface area (Å²) in [4.78, 5) is 13.5. The Morgan fingerprint density at radius 3 is 2.89 bits per heavy atom. The van der Waals surface area contributed by atoms with Crippen molar-refractivity contribution in [1.82, 2.24) is 25.0 Å². The van der Waals surface area contributed by atoms with Gasteiger partial charge in [0.25, 0.3) is 0 Å². The van der Waals surface area contributed by atoms with Crippen LogP contribution in [0.15, 0.2) is 47.8 Å². The summed E-state index contributed by atoms with van der Waals surface area (Å²) in [5.74, 6) is -0.340. The van der Waals surface area contributed by atoms with E-state index in [4.69, 9.17) is 4.84 Å². The largest absolute Gasteiger partial charge is 0.399 e. The molecule has 4 aromatic rings. The lowest BCUT2D eigenvalue weighted by Gasteiger charge is -2.06. The van der Waals surface area contributed by atoms with E-state index in [2.05, 4.69) is 25.4 Å². The van der Waals surface area contributed by atoms with Crippen molar-refractivity contribution in [3.8, 4) is 0 Å². The highest BCUT2D eigenvalue weighted by Gasteiger charge is 2.12. The maximum Gasteiger partial charge on any atom is 0.179 e. The van der Waals surface area contributed by atoms with Crippen molar-refractivity contribution in [3.05, 3.63) is 59.7 Å². The van der Waals surface area contributed by atoms with Crippen LogP contribution in [-0.4, -0.2) is 37.8 Å². The van der Waals surface area contributed by atoms with Crippen molar-refractivity contribution in [3.63, 3.8) is 0 Å². The molecule has 0 bridgehead atoms. The first kappa shape index (κ1) is 18.7. The Bertz CT molecular complexity index is 1140. The van der Waals surface area contributed by atoms with Gasteiger partial charge in [0.2, 0.25) is 0 Å². The third-order valence-corrected chi connectivity index (χ3v) is 4.05. The van der Waals surface area contributed by atoms with Crippen LogP contribution in [0.3, 0.4) is 0 Å². The quantitative estimate of drug-likeness (QED) is 0.397. The molecule has 7 nitrogen and oxygen atoms in total. The molecule has 0 spiro atoms. The molecule has 0 saturated carbocycles. The second-order valence-electron chi connectivity index (χ2n) is 5.79. The molecule has 0 saturated heterocycles. The van der Waals surface area contributed by atoms with Gasteiger partial charge in [0.1, 0.15) is 24.2 Å². The van der Waals surface area contributed by atoms with Gasteiger partial charge < -0.3 is 4.84 Å². The molecule has 4 rings (SSSR count). The lowest BCUT2D eigenvalue weighted by molar-refractivity contribution is 0.213. The monoisotopic (exact) mass is 386 g/mol. The van der Waals surface area contributed by atoms with E-state index in [0.717, 1.165) is 5.39 Å². The average molecular weight is 387 g/mol. The Kier molecular flexibility index (Phi) is 5.27. The SMILES string of the molecule is CON=C(C)c1ccc2nnn(Cc3cc4cccnc4cc3F)c2n1.Cl. The van der Waals surface area contributed by atoms with Crippen LogP contribution in [0.25, 0.3) is 22.1 Å². The molecular formula is C18H16ClFN6O. The molecule has 0 atom stereocenters. The summed E-state index contributed by atoms with van der Waals surface area (Å²) in [6, 6.07) is 10.5. The predicted octanol–water partition coefficient (Wildman–Crippen LogP) is 3.35. The Morgan fingerprint density at radius 1 is 1.22 bits per heavy atom. The lowest BCUT2D eigenvalue weighted by Crippen LogP contribution is -2.07. The molecular weight excluding hydrogens is 371 g/mol. The first-order chi connectivity index (χ1) is 12.7. The zero-order valence-electron chi connectivity index (χ0n) is 14.6. The van der Waals surface area contributed by atoms with Crippen LogP contribution in [0.5, 0.6) is 0 Å². The van der Waals surface area contributed by atoms with Crippen molar-refractivity contribution >= 4 is 40.2 Å². The van der Waals surface area contributed by atoms with Crippen LogP contribution in [0.2, 0.25) is 0 Å². The Morgan fingerprint density at radius 2 is 2.07 bits per heavy atom. The highest BCUT2D eigenvalue weighted by molar-refractivity contribution is 5.97. The zero-order valence-corrected chi connectivity index (χ0v) is 15.4. The Hall–Kier alpha value is -3.13. The zero-order chi connectivity index (χ0) is 18.1. The summed E-state index contributed by atoms with van der Waals surface area (Å²) >= 11 is 0. The average Bonchev–Trinajstić information content (AvgIpc) is 3.04. The van der Waals surface area contributed by atoms with Gasteiger partial charge in [0, 0.05) is 23.2 Å². The van der Waals surface area contributed by atoms with E-state index in [0.29, 0.717) is 33.6 Å². The van der Waals surface area contributed by atoms with Crippen molar-refractivity contribution in [2.45, 2.75) is 13.5 Å². The molecule has 3 heterocycles. The molecule has 0 radical (unpaired) electrons. The molecule has 0 unspecified atom stereocenters. The van der Waals surface area contributed by atoms with Crippen molar-refractivity contribution in [1.29, 1.82) is 0 Å². The van der Waals surface area contributed by atoms with E-state index in [-0.39, 0.29) is 24.8 Å². The van der Waals surface area contributed by atoms with Gasteiger partial charge in [-0.15, -0.1) is 17.5 Å². The van der Waals surface area contributed by atoms with Crippen LogP contribution >= 0.6 is 12.4 Å². The fraction of sp³-hybridized carbons (Fsp3) is 0.167. The molecule has 0 amide bonds. The van der Waals surface area contributed by atoms with Gasteiger partial charge in [-0.3, -0.25) is 4.98 Å². The van der Waals surface area contributed by atoms with Gasteiger partial charge in [0.05, 0.1) is 17.8 Å². The third-order valence-electron chi connectivity index (χ3n) is 4.05. The highest BCUT2D eigenvalue weighted by Crippen LogP contribution is 2.19. The number of fused-ring (bicyclic) bond motifs is 2. The summed E-state index contributed by atoms with van der Waals surface area (Å²) in [6.45, 7) is 2.01.